The van der Waals surface area contributed by atoms with E-state index < -0.39 is 0 Å². The SMILES string of the molecule is CCCNC(c1ccc(F)cc1C)c1sccc1CC. The first-order valence-corrected chi connectivity index (χ1v) is 8.11. The van der Waals surface area contributed by atoms with Gasteiger partial charge >= 0.3 is 0 Å². The van der Waals surface area contributed by atoms with Gasteiger partial charge in [0.25, 0.3) is 0 Å². The van der Waals surface area contributed by atoms with Crippen molar-refractivity contribution in [3.63, 3.8) is 0 Å². The fraction of sp³-hybridized carbons (Fsp3) is 0.412. The molecule has 1 aromatic heterocycles. The lowest BCUT2D eigenvalue weighted by molar-refractivity contribution is 0.593. The van der Waals surface area contributed by atoms with Gasteiger partial charge in [0.2, 0.25) is 0 Å². The van der Waals surface area contributed by atoms with Gasteiger partial charge in [-0.2, -0.15) is 0 Å². The monoisotopic (exact) mass is 291 g/mol. The maximum absolute atomic E-state index is 13.3. The summed E-state index contributed by atoms with van der Waals surface area (Å²) < 4.78 is 13.3. The molecule has 0 radical (unpaired) electrons. The first-order valence-electron chi connectivity index (χ1n) is 7.23. The largest absolute Gasteiger partial charge is 0.306 e. The number of halogens is 1. The third-order valence-electron chi connectivity index (χ3n) is 3.57. The minimum absolute atomic E-state index is 0.164. The second kappa shape index (κ2) is 7.00. The van der Waals surface area contributed by atoms with Gasteiger partial charge in [-0.05, 0) is 66.6 Å². The van der Waals surface area contributed by atoms with Gasteiger partial charge in [0.15, 0.2) is 0 Å². The van der Waals surface area contributed by atoms with E-state index in [0.717, 1.165) is 24.9 Å². The number of rotatable bonds is 6. The first-order chi connectivity index (χ1) is 9.67. The van der Waals surface area contributed by atoms with Crippen molar-refractivity contribution in [2.24, 2.45) is 0 Å². The smallest absolute Gasteiger partial charge is 0.123 e. The number of nitrogens with one attached hydrogen (secondary N) is 1. The Kier molecular flexibility index (Phi) is 5.32. The van der Waals surface area contributed by atoms with Gasteiger partial charge in [-0.25, -0.2) is 4.39 Å². The predicted octanol–water partition coefficient (Wildman–Crippen LogP) is 4.85. The lowest BCUT2D eigenvalue weighted by atomic mass is 9.97. The average Bonchev–Trinajstić information content (AvgIpc) is 2.89. The van der Waals surface area contributed by atoms with Crippen LogP contribution in [0.3, 0.4) is 0 Å². The van der Waals surface area contributed by atoms with Crippen LogP contribution in [0.15, 0.2) is 29.6 Å². The molecule has 1 atom stereocenters. The molecular formula is C17H22FNS. The predicted molar refractivity (Wildman–Crippen MR) is 85.0 cm³/mol. The second-order valence-electron chi connectivity index (χ2n) is 5.05. The summed E-state index contributed by atoms with van der Waals surface area (Å²) in [5.74, 6) is -0.164. The zero-order valence-electron chi connectivity index (χ0n) is 12.4. The minimum atomic E-state index is -0.164. The topological polar surface area (TPSA) is 12.0 Å². The molecule has 1 heterocycles. The van der Waals surface area contributed by atoms with Crippen LogP contribution in [0.1, 0.15) is 47.9 Å². The Morgan fingerprint density at radius 2 is 2.05 bits per heavy atom. The van der Waals surface area contributed by atoms with E-state index in [2.05, 4.69) is 30.6 Å². The highest BCUT2D eigenvalue weighted by atomic mass is 32.1. The fourth-order valence-electron chi connectivity index (χ4n) is 2.49. The van der Waals surface area contributed by atoms with E-state index in [1.165, 1.54) is 16.0 Å². The molecular weight excluding hydrogens is 269 g/mol. The van der Waals surface area contributed by atoms with Gasteiger partial charge in [0, 0.05) is 4.88 Å². The van der Waals surface area contributed by atoms with E-state index in [1.807, 2.05) is 13.0 Å². The number of aryl methyl sites for hydroxylation is 2. The zero-order chi connectivity index (χ0) is 14.5. The van der Waals surface area contributed by atoms with Gasteiger partial charge in [-0.15, -0.1) is 11.3 Å². The molecule has 0 fully saturated rings. The second-order valence-corrected chi connectivity index (χ2v) is 6.00. The lowest BCUT2D eigenvalue weighted by Crippen LogP contribution is -2.24. The Labute approximate surface area is 124 Å². The van der Waals surface area contributed by atoms with Gasteiger partial charge in [0.1, 0.15) is 5.82 Å². The fourth-order valence-corrected chi connectivity index (χ4v) is 3.58. The van der Waals surface area contributed by atoms with Crippen molar-refractivity contribution < 1.29 is 4.39 Å². The van der Waals surface area contributed by atoms with Crippen molar-refractivity contribution >= 4 is 11.3 Å². The summed E-state index contributed by atoms with van der Waals surface area (Å²) in [6.07, 6.45) is 2.12. The van der Waals surface area contributed by atoms with E-state index in [1.54, 1.807) is 23.5 Å². The quantitative estimate of drug-likeness (QED) is 0.802. The highest BCUT2D eigenvalue weighted by molar-refractivity contribution is 7.10. The first kappa shape index (κ1) is 15.2. The van der Waals surface area contributed by atoms with E-state index in [0.29, 0.717) is 0 Å². The summed E-state index contributed by atoms with van der Waals surface area (Å²) in [6, 6.07) is 7.46. The molecule has 0 aliphatic rings. The van der Waals surface area contributed by atoms with Gasteiger partial charge < -0.3 is 5.32 Å². The minimum Gasteiger partial charge on any atom is -0.306 e. The standard InChI is InChI=1S/C17H22FNS/c1-4-9-19-16(17-13(5-2)8-10-20-17)15-7-6-14(18)11-12(15)3/h6-8,10-11,16,19H,4-5,9H2,1-3H3. The molecule has 0 bridgehead atoms. The number of thiophene rings is 1. The van der Waals surface area contributed by atoms with Crippen LogP contribution in [0.5, 0.6) is 0 Å². The highest BCUT2D eigenvalue weighted by Gasteiger charge is 2.19. The Balaban J connectivity index is 2.41. The van der Waals surface area contributed by atoms with E-state index in [9.17, 15) is 4.39 Å². The van der Waals surface area contributed by atoms with E-state index in [-0.39, 0.29) is 11.9 Å². The van der Waals surface area contributed by atoms with Crippen LogP contribution in [0.2, 0.25) is 0 Å². The third-order valence-corrected chi connectivity index (χ3v) is 4.59. The van der Waals surface area contributed by atoms with Crippen molar-refractivity contribution in [3.05, 3.63) is 57.0 Å². The molecule has 3 heteroatoms. The summed E-state index contributed by atoms with van der Waals surface area (Å²) in [5, 5.41) is 5.76. The van der Waals surface area contributed by atoms with Crippen LogP contribution < -0.4 is 5.32 Å². The Bertz CT molecular complexity index is 562. The molecule has 0 aliphatic heterocycles. The summed E-state index contributed by atoms with van der Waals surface area (Å²) in [7, 11) is 0. The lowest BCUT2D eigenvalue weighted by Gasteiger charge is -2.21. The molecule has 108 valence electrons. The molecule has 1 N–H and O–H groups in total. The Hall–Kier alpha value is -1.19. The molecule has 0 saturated heterocycles. The summed E-state index contributed by atoms with van der Waals surface area (Å²) in [6.45, 7) is 7.29. The van der Waals surface area contributed by atoms with E-state index >= 15 is 0 Å². The third kappa shape index (κ3) is 3.28. The summed E-state index contributed by atoms with van der Waals surface area (Å²) in [5.41, 5.74) is 3.57. The van der Waals surface area contributed by atoms with Crippen molar-refractivity contribution in [2.75, 3.05) is 6.54 Å². The van der Waals surface area contributed by atoms with Crippen molar-refractivity contribution in [1.29, 1.82) is 0 Å². The van der Waals surface area contributed by atoms with Crippen LogP contribution >= 0.6 is 11.3 Å². The molecule has 0 aliphatic carbocycles. The molecule has 0 spiro atoms. The maximum atomic E-state index is 13.3. The number of hydrogen-bond acceptors (Lipinski definition) is 2. The van der Waals surface area contributed by atoms with Crippen LogP contribution in [-0.2, 0) is 6.42 Å². The summed E-state index contributed by atoms with van der Waals surface area (Å²) >= 11 is 1.78. The van der Waals surface area contributed by atoms with Gasteiger partial charge in [-0.1, -0.05) is 19.9 Å². The van der Waals surface area contributed by atoms with Crippen molar-refractivity contribution in [3.8, 4) is 0 Å². The molecule has 2 aromatic rings. The molecule has 0 saturated carbocycles. The van der Waals surface area contributed by atoms with Crippen molar-refractivity contribution in [2.45, 2.75) is 39.7 Å². The van der Waals surface area contributed by atoms with E-state index in [4.69, 9.17) is 0 Å². The van der Waals surface area contributed by atoms with Gasteiger partial charge in [-0.3, -0.25) is 0 Å². The normalized spacial score (nSPS) is 12.6. The average molecular weight is 291 g/mol. The maximum Gasteiger partial charge on any atom is 0.123 e. The number of hydrogen-bond donors (Lipinski definition) is 1. The molecule has 2 rings (SSSR count). The van der Waals surface area contributed by atoms with Crippen LogP contribution in [0.25, 0.3) is 0 Å². The van der Waals surface area contributed by atoms with Gasteiger partial charge in [0.05, 0.1) is 6.04 Å². The Morgan fingerprint density at radius 3 is 2.70 bits per heavy atom. The molecule has 1 unspecified atom stereocenters. The van der Waals surface area contributed by atoms with Crippen LogP contribution in [-0.4, -0.2) is 6.54 Å². The Morgan fingerprint density at radius 1 is 1.25 bits per heavy atom. The molecule has 0 amide bonds. The van der Waals surface area contributed by atoms with Crippen LogP contribution in [0.4, 0.5) is 4.39 Å². The van der Waals surface area contributed by atoms with Crippen LogP contribution in [0, 0.1) is 12.7 Å². The molecule has 1 aromatic carbocycles. The summed E-state index contributed by atoms with van der Waals surface area (Å²) in [4.78, 5) is 1.36. The molecule has 20 heavy (non-hydrogen) atoms. The zero-order valence-corrected chi connectivity index (χ0v) is 13.2. The highest BCUT2D eigenvalue weighted by Crippen LogP contribution is 2.32. The van der Waals surface area contributed by atoms with Crippen molar-refractivity contribution in [1.82, 2.24) is 5.32 Å². The molecule has 1 nitrogen and oxygen atoms in total. The number of benzene rings is 1.